The van der Waals surface area contributed by atoms with Crippen molar-refractivity contribution >= 4 is 35.4 Å². The van der Waals surface area contributed by atoms with Crippen molar-refractivity contribution < 1.29 is 14.0 Å². The van der Waals surface area contributed by atoms with Gasteiger partial charge in [-0.2, -0.15) is 5.10 Å². The maximum atomic E-state index is 13.2. The zero-order valence-electron chi connectivity index (χ0n) is 15.6. The van der Waals surface area contributed by atoms with E-state index in [1.165, 1.54) is 23.5 Å². The van der Waals surface area contributed by atoms with Crippen molar-refractivity contribution in [3.8, 4) is 10.7 Å². The minimum Gasteiger partial charge on any atom is -0.354 e. The second-order valence-electron chi connectivity index (χ2n) is 6.32. The smallest absolute Gasteiger partial charge is 0.243 e. The van der Waals surface area contributed by atoms with Crippen LogP contribution in [-0.4, -0.2) is 39.7 Å². The Hall–Kier alpha value is -2.85. The molecule has 2 heterocycles. The van der Waals surface area contributed by atoms with E-state index in [2.05, 4.69) is 20.8 Å². The fourth-order valence-corrected chi connectivity index (χ4v) is 3.79. The zero-order valence-corrected chi connectivity index (χ0v) is 17.3. The Morgan fingerprint density at radius 2 is 2.07 bits per heavy atom. The second-order valence-corrected chi connectivity index (χ2v) is 7.66. The molecule has 1 atom stereocenters. The molecule has 3 aromatic rings. The van der Waals surface area contributed by atoms with Gasteiger partial charge in [0, 0.05) is 13.1 Å². The second kappa shape index (κ2) is 9.57. The molecule has 29 heavy (non-hydrogen) atoms. The molecule has 0 fully saturated rings. The number of thiophene rings is 1. The standard InChI is InChI=1S/C19H20FN5O2S2/c1-12(25-17(23-24-19(25)28)15-6-3-9-29-15)18(27)22-8-7-21-16(26)11-13-4-2-5-14(20)10-13/h2-6,9-10,12H,7-8,11H2,1H3,(H,21,26)(H,22,27)(H,24,28). The zero-order chi connectivity index (χ0) is 20.8. The maximum absolute atomic E-state index is 13.2. The lowest BCUT2D eigenvalue weighted by Crippen LogP contribution is -2.38. The number of benzene rings is 1. The number of carbonyl (C=O) groups excluding carboxylic acids is 2. The minimum atomic E-state index is -0.568. The summed E-state index contributed by atoms with van der Waals surface area (Å²) in [6.07, 6.45) is 0.0798. The predicted molar refractivity (Wildman–Crippen MR) is 112 cm³/mol. The lowest BCUT2D eigenvalue weighted by Gasteiger charge is -2.15. The quantitative estimate of drug-likeness (QED) is 0.376. The molecular weight excluding hydrogens is 413 g/mol. The number of H-pyrrole nitrogens is 1. The van der Waals surface area contributed by atoms with Gasteiger partial charge >= 0.3 is 0 Å². The van der Waals surface area contributed by atoms with Crippen LogP contribution in [0.4, 0.5) is 4.39 Å². The summed E-state index contributed by atoms with van der Waals surface area (Å²) in [6, 6.07) is 9.14. The molecule has 0 spiro atoms. The lowest BCUT2D eigenvalue weighted by molar-refractivity contribution is -0.124. The van der Waals surface area contributed by atoms with Crippen LogP contribution >= 0.6 is 23.6 Å². The molecule has 3 rings (SSSR count). The molecule has 2 amide bonds. The summed E-state index contributed by atoms with van der Waals surface area (Å²) in [7, 11) is 0. The highest BCUT2D eigenvalue weighted by Crippen LogP contribution is 2.25. The van der Waals surface area contributed by atoms with Crippen LogP contribution in [0.3, 0.4) is 0 Å². The van der Waals surface area contributed by atoms with Gasteiger partial charge in [-0.15, -0.1) is 11.3 Å². The number of aromatic amines is 1. The molecule has 2 aromatic heterocycles. The van der Waals surface area contributed by atoms with Crippen molar-refractivity contribution in [1.82, 2.24) is 25.4 Å². The number of hydrogen-bond acceptors (Lipinski definition) is 5. The third kappa shape index (κ3) is 5.36. The van der Waals surface area contributed by atoms with Crippen LogP contribution in [0.15, 0.2) is 41.8 Å². The number of halogens is 1. The third-order valence-electron chi connectivity index (χ3n) is 4.21. The monoisotopic (exact) mass is 433 g/mol. The Kier molecular flexibility index (Phi) is 6.89. The molecule has 0 radical (unpaired) electrons. The fraction of sp³-hybridized carbons (Fsp3) is 0.263. The first-order valence-electron chi connectivity index (χ1n) is 8.95. The summed E-state index contributed by atoms with van der Waals surface area (Å²) >= 11 is 6.78. The fourth-order valence-electron chi connectivity index (χ4n) is 2.79. The summed E-state index contributed by atoms with van der Waals surface area (Å²) in [4.78, 5) is 25.4. The number of amides is 2. The van der Waals surface area contributed by atoms with Crippen molar-refractivity contribution in [1.29, 1.82) is 0 Å². The van der Waals surface area contributed by atoms with E-state index < -0.39 is 6.04 Å². The molecular formula is C19H20FN5O2S2. The van der Waals surface area contributed by atoms with Gasteiger partial charge in [-0.1, -0.05) is 18.2 Å². The first-order valence-corrected chi connectivity index (χ1v) is 10.2. The molecule has 0 saturated carbocycles. The van der Waals surface area contributed by atoms with E-state index in [-0.39, 0.29) is 37.1 Å². The average molecular weight is 434 g/mol. The van der Waals surface area contributed by atoms with E-state index in [4.69, 9.17) is 12.2 Å². The highest BCUT2D eigenvalue weighted by molar-refractivity contribution is 7.71. The number of aromatic nitrogens is 3. The van der Waals surface area contributed by atoms with Gasteiger partial charge in [-0.25, -0.2) is 4.39 Å². The Morgan fingerprint density at radius 3 is 2.79 bits per heavy atom. The number of hydrogen-bond donors (Lipinski definition) is 3. The molecule has 0 aliphatic heterocycles. The van der Waals surface area contributed by atoms with E-state index in [9.17, 15) is 14.0 Å². The van der Waals surface area contributed by atoms with Crippen LogP contribution in [0.25, 0.3) is 10.7 Å². The van der Waals surface area contributed by atoms with Crippen molar-refractivity contribution in [3.63, 3.8) is 0 Å². The van der Waals surface area contributed by atoms with Gasteiger partial charge in [0.15, 0.2) is 10.6 Å². The van der Waals surface area contributed by atoms with Gasteiger partial charge in [0.25, 0.3) is 0 Å². The molecule has 0 saturated heterocycles. The molecule has 0 bridgehead atoms. The first kappa shape index (κ1) is 20.9. The van der Waals surface area contributed by atoms with E-state index in [0.717, 1.165) is 4.88 Å². The predicted octanol–water partition coefficient (Wildman–Crippen LogP) is 2.84. The van der Waals surface area contributed by atoms with E-state index in [0.29, 0.717) is 16.2 Å². The largest absolute Gasteiger partial charge is 0.354 e. The number of rotatable bonds is 8. The summed E-state index contributed by atoms with van der Waals surface area (Å²) in [5.74, 6) is -0.248. The SMILES string of the molecule is CC(C(=O)NCCNC(=O)Cc1cccc(F)c1)n1c(-c2cccs2)n[nH]c1=S. The third-order valence-corrected chi connectivity index (χ3v) is 5.37. The first-order chi connectivity index (χ1) is 14.0. The molecule has 0 aliphatic rings. The number of nitrogens with one attached hydrogen (secondary N) is 3. The molecule has 7 nitrogen and oxygen atoms in total. The summed E-state index contributed by atoms with van der Waals surface area (Å²) < 4.78 is 15.2. The molecule has 10 heteroatoms. The van der Waals surface area contributed by atoms with Crippen molar-refractivity contribution in [2.45, 2.75) is 19.4 Å². The minimum absolute atomic E-state index is 0.0798. The van der Waals surface area contributed by atoms with Gasteiger partial charge < -0.3 is 10.6 Å². The average Bonchev–Trinajstić information content (AvgIpc) is 3.34. The molecule has 1 unspecified atom stereocenters. The van der Waals surface area contributed by atoms with Crippen LogP contribution in [0.1, 0.15) is 18.5 Å². The topological polar surface area (TPSA) is 91.8 Å². The van der Waals surface area contributed by atoms with Gasteiger partial charge in [0.1, 0.15) is 11.9 Å². The van der Waals surface area contributed by atoms with Crippen LogP contribution < -0.4 is 10.6 Å². The van der Waals surface area contributed by atoms with Crippen LogP contribution in [0, 0.1) is 10.6 Å². The highest BCUT2D eigenvalue weighted by Gasteiger charge is 2.21. The van der Waals surface area contributed by atoms with Crippen LogP contribution in [0.2, 0.25) is 0 Å². The summed E-state index contributed by atoms with van der Waals surface area (Å²) in [5, 5.41) is 14.4. The van der Waals surface area contributed by atoms with Crippen molar-refractivity contribution in [2.75, 3.05) is 13.1 Å². The molecule has 1 aromatic carbocycles. The van der Waals surface area contributed by atoms with E-state index in [1.807, 2.05) is 17.5 Å². The number of nitrogens with zero attached hydrogens (tertiary/aromatic N) is 2. The van der Waals surface area contributed by atoms with E-state index >= 15 is 0 Å². The highest BCUT2D eigenvalue weighted by atomic mass is 32.1. The number of carbonyl (C=O) groups is 2. The van der Waals surface area contributed by atoms with Gasteiger partial charge in [-0.05, 0) is 48.3 Å². The normalized spacial score (nSPS) is 11.8. The van der Waals surface area contributed by atoms with Crippen LogP contribution in [0.5, 0.6) is 0 Å². The Morgan fingerprint density at radius 1 is 1.28 bits per heavy atom. The van der Waals surface area contributed by atoms with Gasteiger partial charge in [0.2, 0.25) is 11.8 Å². The van der Waals surface area contributed by atoms with Crippen molar-refractivity contribution in [3.05, 3.63) is 57.9 Å². The summed E-state index contributed by atoms with van der Waals surface area (Å²) in [6.45, 7) is 2.26. The Labute approximate surface area is 176 Å². The molecule has 152 valence electrons. The summed E-state index contributed by atoms with van der Waals surface area (Å²) in [5.41, 5.74) is 0.593. The lowest BCUT2D eigenvalue weighted by atomic mass is 10.1. The molecule has 3 N–H and O–H groups in total. The van der Waals surface area contributed by atoms with E-state index in [1.54, 1.807) is 23.6 Å². The molecule has 0 aliphatic carbocycles. The Bertz CT molecular complexity index is 1050. The Balaban J connectivity index is 1.49. The van der Waals surface area contributed by atoms with Gasteiger partial charge in [0.05, 0.1) is 11.3 Å². The maximum Gasteiger partial charge on any atom is 0.243 e. The van der Waals surface area contributed by atoms with Crippen LogP contribution in [-0.2, 0) is 16.0 Å². The van der Waals surface area contributed by atoms with Crippen molar-refractivity contribution in [2.24, 2.45) is 0 Å². The van der Waals surface area contributed by atoms with Gasteiger partial charge in [-0.3, -0.25) is 19.3 Å².